The molecule has 0 bridgehead atoms. The maximum Gasteiger partial charge on any atom is 0.340 e. The molecule has 0 aliphatic heterocycles. The van der Waals surface area contributed by atoms with Crippen LogP contribution < -0.4 is 5.32 Å². The van der Waals surface area contributed by atoms with Crippen molar-refractivity contribution in [2.45, 2.75) is 52.6 Å². The maximum absolute atomic E-state index is 12.0. The van der Waals surface area contributed by atoms with E-state index in [-0.39, 0.29) is 18.6 Å². The Hall–Kier alpha value is -1.78. The minimum absolute atomic E-state index is 0.0427. The normalized spacial score (nSPS) is 14.4. The van der Waals surface area contributed by atoms with Crippen LogP contribution in [0.4, 0.5) is 0 Å². The van der Waals surface area contributed by atoms with E-state index in [1.165, 1.54) is 12.8 Å². The molecule has 1 amide bonds. The number of nitrogens with one attached hydrogen (secondary N) is 1. The van der Waals surface area contributed by atoms with E-state index in [1.54, 1.807) is 0 Å². The zero-order chi connectivity index (χ0) is 14.9. The second-order valence-corrected chi connectivity index (χ2v) is 5.68. The molecule has 0 saturated heterocycles. The van der Waals surface area contributed by atoms with Gasteiger partial charge in [0.15, 0.2) is 6.61 Å². The van der Waals surface area contributed by atoms with Crippen molar-refractivity contribution in [1.82, 2.24) is 9.88 Å². The largest absolute Gasteiger partial charge is 0.452 e. The highest BCUT2D eigenvalue weighted by Gasteiger charge is 2.28. The number of esters is 1. The van der Waals surface area contributed by atoms with Crippen molar-refractivity contribution in [3.05, 3.63) is 23.0 Å². The maximum atomic E-state index is 12.0. The van der Waals surface area contributed by atoms with Gasteiger partial charge < -0.3 is 14.6 Å². The number of ether oxygens (including phenoxy) is 1. The summed E-state index contributed by atoms with van der Waals surface area (Å²) in [5.41, 5.74) is 2.56. The van der Waals surface area contributed by atoms with E-state index < -0.39 is 5.97 Å². The Balaban J connectivity index is 1.99. The minimum Gasteiger partial charge on any atom is -0.452 e. The molecule has 1 aliphatic rings. The molecule has 0 unspecified atom stereocenters. The molecule has 0 spiro atoms. The molecule has 2 rings (SSSR count). The third kappa shape index (κ3) is 3.21. The van der Waals surface area contributed by atoms with E-state index in [0.29, 0.717) is 11.6 Å². The second-order valence-electron chi connectivity index (χ2n) is 5.68. The molecule has 1 aromatic rings. The Bertz CT molecular complexity index is 527. The van der Waals surface area contributed by atoms with Crippen molar-refractivity contribution in [1.29, 1.82) is 0 Å². The first-order valence-electron chi connectivity index (χ1n) is 7.05. The van der Waals surface area contributed by atoms with Gasteiger partial charge in [-0.25, -0.2) is 4.79 Å². The highest BCUT2D eigenvalue weighted by molar-refractivity contribution is 5.92. The summed E-state index contributed by atoms with van der Waals surface area (Å²) in [7, 11) is 0. The fourth-order valence-electron chi connectivity index (χ4n) is 2.45. The summed E-state index contributed by atoms with van der Waals surface area (Å²) in [6.07, 6.45) is 2.34. The monoisotopic (exact) mass is 278 g/mol. The van der Waals surface area contributed by atoms with Gasteiger partial charge in [0.25, 0.3) is 5.91 Å². The van der Waals surface area contributed by atoms with E-state index in [4.69, 9.17) is 4.74 Å². The fourth-order valence-corrected chi connectivity index (χ4v) is 2.45. The van der Waals surface area contributed by atoms with E-state index in [0.717, 1.165) is 11.4 Å². The molecule has 1 saturated carbocycles. The second kappa shape index (κ2) is 5.69. The summed E-state index contributed by atoms with van der Waals surface area (Å²) in [6.45, 7) is 7.42. The Morgan fingerprint density at radius 2 is 2.05 bits per heavy atom. The Morgan fingerprint density at radius 3 is 2.60 bits per heavy atom. The quantitative estimate of drug-likeness (QED) is 0.839. The van der Waals surface area contributed by atoms with E-state index in [1.807, 2.05) is 33.8 Å². The molecule has 1 aromatic heterocycles. The van der Waals surface area contributed by atoms with Crippen LogP contribution in [0, 0.1) is 13.8 Å². The highest BCUT2D eigenvalue weighted by Crippen LogP contribution is 2.38. The summed E-state index contributed by atoms with van der Waals surface area (Å²) in [4.78, 5) is 23.5. The lowest BCUT2D eigenvalue weighted by atomic mass is 10.2. The number of aromatic nitrogens is 1. The topological polar surface area (TPSA) is 60.3 Å². The number of amides is 1. The van der Waals surface area contributed by atoms with Crippen molar-refractivity contribution in [3.8, 4) is 0 Å². The predicted octanol–water partition coefficient (Wildman–Crippen LogP) is 2.12. The van der Waals surface area contributed by atoms with Crippen LogP contribution >= 0.6 is 0 Å². The summed E-state index contributed by atoms with van der Waals surface area (Å²) in [5.74, 6) is -0.701. The SMILES string of the molecule is Cc1cc(C(=O)OCC(=O)NC(C)C)c(C)n1C1CC1. The molecule has 0 atom stereocenters. The predicted molar refractivity (Wildman–Crippen MR) is 75.7 cm³/mol. The van der Waals surface area contributed by atoms with E-state index in [9.17, 15) is 9.59 Å². The first kappa shape index (κ1) is 14.6. The Labute approximate surface area is 119 Å². The third-order valence-electron chi connectivity index (χ3n) is 3.40. The zero-order valence-electron chi connectivity index (χ0n) is 12.5. The van der Waals surface area contributed by atoms with Crippen LogP contribution in [-0.4, -0.2) is 29.1 Å². The van der Waals surface area contributed by atoms with Crippen molar-refractivity contribution in [3.63, 3.8) is 0 Å². The molecule has 0 aromatic carbocycles. The first-order chi connectivity index (χ1) is 9.40. The summed E-state index contributed by atoms with van der Waals surface area (Å²) < 4.78 is 7.26. The molecule has 5 heteroatoms. The third-order valence-corrected chi connectivity index (χ3v) is 3.40. The van der Waals surface area contributed by atoms with Crippen LogP contribution in [0.15, 0.2) is 6.07 Å². The molecule has 1 fully saturated rings. The molecule has 110 valence electrons. The van der Waals surface area contributed by atoms with E-state index >= 15 is 0 Å². The number of aryl methyl sites for hydroxylation is 1. The zero-order valence-corrected chi connectivity index (χ0v) is 12.5. The molecule has 0 radical (unpaired) electrons. The number of hydrogen-bond acceptors (Lipinski definition) is 3. The van der Waals surface area contributed by atoms with Gasteiger partial charge in [-0.2, -0.15) is 0 Å². The van der Waals surface area contributed by atoms with Gasteiger partial charge in [-0.15, -0.1) is 0 Å². The van der Waals surface area contributed by atoms with Gasteiger partial charge in [0, 0.05) is 23.5 Å². The molecular formula is C15H22N2O3. The van der Waals surface area contributed by atoms with Gasteiger partial charge in [-0.1, -0.05) is 0 Å². The molecule has 1 aliphatic carbocycles. The summed E-state index contributed by atoms with van der Waals surface area (Å²) in [5, 5.41) is 2.69. The molecule has 1 heterocycles. The van der Waals surface area contributed by atoms with Gasteiger partial charge >= 0.3 is 5.97 Å². The fraction of sp³-hybridized carbons (Fsp3) is 0.600. The molecule has 1 N–H and O–H groups in total. The van der Waals surface area contributed by atoms with Gasteiger partial charge in [0.1, 0.15) is 0 Å². The average molecular weight is 278 g/mol. The average Bonchev–Trinajstić information content (AvgIpc) is 3.12. The van der Waals surface area contributed by atoms with Crippen LogP contribution in [0.1, 0.15) is 54.5 Å². The smallest absolute Gasteiger partial charge is 0.340 e. The molecule has 5 nitrogen and oxygen atoms in total. The van der Waals surface area contributed by atoms with Gasteiger partial charge in [-0.3, -0.25) is 4.79 Å². The van der Waals surface area contributed by atoms with Crippen LogP contribution in [0.25, 0.3) is 0 Å². The lowest BCUT2D eigenvalue weighted by Gasteiger charge is -2.09. The number of carbonyl (C=O) groups excluding carboxylic acids is 2. The van der Waals surface area contributed by atoms with Gasteiger partial charge in [0.2, 0.25) is 0 Å². The number of rotatable bonds is 5. The van der Waals surface area contributed by atoms with Crippen molar-refractivity contribution < 1.29 is 14.3 Å². The number of hydrogen-bond donors (Lipinski definition) is 1. The lowest BCUT2D eigenvalue weighted by Crippen LogP contribution is -2.34. The van der Waals surface area contributed by atoms with Gasteiger partial charge in [0.05, 0.1) is 5.56 Å². The van der Waals surface area contributed by atoms with Crippen molar-refractivity contribution in [2.24, 2.45) is 0 Å². The van der Waals surface area contributed by atoms with Gasteiger partial charge in [-0.05, 0) is 46.6 Å². The van der Waals surface area contributed by atoms with Crippen LogP contribution in [0.2, 0.25) is 0 Å². The minimum atomic E-state index is -0.427. The Kier molecular flexibility index (Phi) is 4.16. The molecular weight excluding hydrogens is 256 g/mol. The summed E-state index contributed by atoms with van der Waals surface area (Å²) >= 11 is 0. The highest BCUT2D eigenvalue weighted by atomic mass is 16.5. The first-order valence-corrected chi connectivity index (χ1v) is 7.05. The lowest BCUT2D eigenvalue weighted by molar-refractivity contribution is -0.124. The van der Waals surface area contributed by atoms with Crippen molar-refractivity contribution >= 4 is 11.9 Å². The van der Waals surface area contributed by atoms with E-state index in [2.05, 4.69) is 9.88 Å². The Morgan fingerprint density at radius 1 is 1.40 bits per heavy atom. The van der Waals surface area contributed by atoms with Crippen LogP contribution in [-0.2, 0) is 9.53 Å². The van der Waals surface area contributed by atoms with Crippen LogP contribution in [0.5, 0.6) is 0 Å². The summed E-state index contributed by atoms with van der Waals surface area (Å²) in [6, 6.07) is 2.41. The number of nitrogens with zero attached hydrogens (tertiary/aromatic N) is 1. The number of carbonyl (C=O) groups is 2. The van der Waals surface area contributed by atoms with Crippen LogP contribution in [0.3, 0.4) is 0 Å². The molecule has 20 heavy (non-hydrogen) atoms. The standard InChI is InChI=1S/C15H22N2O3/c1-9(2)16-14(18)8-20-15(19)13-7-10(3)17(11(13)4)12-5-6-12/h7,9,12H,5-6,8H2,1-4H3,(H,16,18). The van der Waals surface area contributed by atoms with Crippen molar-refractivity contribution in [2.75, 3.05) is 6.61 Å².